The van der Waals surface area contributed by atoms with Gasteiger partial charge in [-0.2, -0.15) is 0 Å². The van der Waals surface area contributed by atoms with E-state index in [0.29, 0.717) is 51.3 Å². The highest BCUT2D eigenvalue weighted by atomic mass is 16.3. The summed E-state index contributed by atoms with van der Waals surface area (Å²) < 4.78 is 1.42. The largest absolute Gasteiger partial charge is 0.395 e. The Kier molecular flexibility index (Phi) is 8.68. The van der Waals surface area contributed by atoms with Crippen LogP contribution < -0.4 is 10.5 Å². The number of hydrogen-bond donors (Lipinski definition) is 2. The van der Waals surface area contributed by atoms with Crippen LogP contribution in [0.2, 0.25) is 0 Å². The van der Waals surface area contributed by atoms with Gasteiger partial charge in [0, 0.05) is 51.1 Å². The van der Waals surface area contributed by atoms with Gasteiger partial charge >= 0.3 is 0 Å². The molecule has 37 heavy (non-hydrogen) atoms. The van der Waals surface area contributed by atoms with Crippen LogP contribution in [0.3, 0.4) is 0 Å². The second kappa shape index (κ2) is 12.1. The van der Waals surface area contributed by atoms with Gasteiger partial charge in [-0.05, 0) is 36.0 Å². The summed E-state index contributed by atoms with van der Waals surface area (Å²) >= 11 is 0. The number of likely N-dealkylation sites (tertiary alicyclic amines) is 1. The molecule has 2 aromatic heterocycles. The molecule has 3 heterocycles. The number of hydrogen-bond acceptors (Lipinski definition) is 7. The number of amides is 1. The normalized spacial score (nSPS) is 15.8. The third kappa shape index (κ3) is 7.02. The van der Waals surface area contributed by atoms with E-state index >= 15 is 0 Å². The third-order valence-electron chi connectivity index (χ3n) is 7.02. The van der Waals surface area contributed by atoms with Crippen LogP contribution >= 0.6 is 0 Å². The van der Waals surface area contributed by atoms with Crippen molar-refractivity contribution in [1.29, 1.82) is 0 Å². The molecule has 1 unspecified atom stereocenters. The fourth-order valence-corrected chi connectivity index (χ4v) is 4.75. The van der Waals surface area contributed by atoms with E-state index in [-0.39, 0.29) is 30.5 Å². The Morgan fingerprint density at radius 2 is 1.92 bits per heavy atom. The van der Waals surface area contributed by atoms with Crippen LogP contribution in [-0.2, 0) is 17.9 Å². The Hall–Kier alpha value is -3.56. The molecule has 9 nitrogen and oxygen atoms in total. The number of carbonyl (C=O) groups excluding carboxylic acids is 1. The molecule has 1 aliphatic rings. The maximum atomic E-state index is 12.9. The lowest BCUT2D eigenvalue weighted by molar-refractivity contribution is -0.136. The van der Waals surface area contributed by atoms with E-state index in [4.69, 9.17) is 0 Å². The van der Waals surface area contributed by atoms with Crippen molar-refractivity contribution in [2.45, 2.75) is 50.8 Å². The van der Waals surface area contributed by atoms with E-state index in [1.165, 1.54) is 17.0 Å². The van der Waals surface area contributed by atoms with Gasteiger partial charge in [0.05, 0.1) is 25.1 Å². The fraction of sp³-hybridized carbons (Fsp3) is 0.429. The van der Waals surface area contributed by atoms with Gasteiger partial charge in [-0.15, -0.1) is 0 Å². The quantitative estimate of drug-likeness (QED) is 0.434. The predicted octanol–water partition coefficient (Wildman–Crippen LogP) is 2.18. The zero-order valence-electron chi connectivity index (χ0n) is 21.2. The van der Waals surface area contributed by atoms with Crippen molar-refractivity contribution >= 4 is 11.7 Å². The van der Waals surface area contributed by atoms with E-state index in [9.17, 15) is 19.8 Å². The van der Waals surface area contributed by atoms with Crippen LogP contribution in [0.5, 0.6) is 0 Å². The lowest BCUT2D eigenvalue weighted by Gasteiger charge is -2.38. The molecule has 4 rings (SSSR count). The molecule has 0 spiro atoms. The zero-order valence-corrected chi connectivity index (χ0v) is 21.2. The molecule has 196 valence electrons. The van der Waals surface area contributed by atoms with E-state index in [2.05, 4.69) is 16.9 Å². The Labute approximate surface area is 217 Å². The molecule has 1 atom stereocenters. The molecule has 0 aliphatic carbocycles. The average Bonchev–Trinajstić information content (AvgIpc) is 2.91. The number of piperidine rings is 1. The number of aliphatic hydroxyl groups is 2. The summed E-state index contributed by atoms with van der Waals surface area (Å²) in [5.74, 6) is 0.666. The van der Waals surface area contributed by atoms with Crippen molar-refractivity contribution in [3.8, 4) is 0 Å². The molecule has 9 heteroatoms. The van der Waals surface area contributed by atoms with Crippen LogP contribution in [0.4, 0.5) is 5.82 Å². The maximum absolute atomic E-state index is 12.9. The van der Waals surface area contributed by atoms with Gasteiger partial charge in [0.2, 0.25) is 5.91 Å². The highest BCUT2D eigenvalue weighted by Gasteiger charge is 2.35. The zero-order chi connectivity index (χ0) is 26.3. The van der Waals surface area contributed by atoms with Crippen LogP contribution in [0.25, 0.3) is 0 Å². The second-order valence-electron chi connectivity index (χ2n) is 9.84. The number of benzene rings is 1. The predicted molar refractivity (Wildman–Crippen MR) is 141 cm³/mol. The van der Waals surface area contributed by atoms with Gasteiger partial charge in [0.1, 0.15) is 5.82 Å². The Balaban J connectivity index is 1.35. The molecule has 0 saturated carbocycles. The summed E-state index contributed by atoms with van der Waals surface area (Å²) in [6.45, 7) is 3.77. The van der Waals surface area contributed by atoms with E-state index in [1.54, 1.807) is 12.4 Å². The molecular weight excluding hydrogens is 470 g/mol. The summed E-state index contributed by atoms with van der Waals surface area (Å²) in [7, 11) is 0. The first-order valence-electron chi connectivity index (χ1n) is 12.7. The molecule has 1 saturated heterocycles. The number of anilines is 1. The van der Waals surface area contributed by atoms with Crippen molar-refractivity contribution in [2.24, 2.45) is 0 Å². The lowest BCUT2D eigenvalue weighted by atomic mass is 9.90. The van der Waals surface area contributed by atoms with Crippen LogP contribution in [-0.4, -0.2) is 67.4 Å². The van der Waals surface area contributed by atoms with Gasteiger partial charge in [-0.25, -0.2) is 4.98 Å². The lowest BCUT2D eigenvalue weighted by Crippen LogP contribution is -2.49. The number of carbonyl (C=O) groups is 1. The van der Waals surface area contributed by atoms with Crippen molar-refractivity contribution in [1.82, 2.24) is 19.4 Å². The highest BCUT2D eigenvalue weighted by Crippen LogP contribution is 2.26. The minimum atomic E-state index is -1.09. The number of rotatable bonds is 10. The van der Waals surface area contributed by atoms with Crippen molar-refractivity contribution in [3.63, 3.8) is 0 Å². The van der Waals surface area contributed by atoms with E-state index in [1.807, 2.05) is 52.3 Å². The van der Waals surface area contributed by atoms with Crippen LogP contribution in [0.15, 0.2) is 72.0 Å². The number of pyridine rings is 1. The highest BCUT2D eigenvalue weighted by molar-refractivity contribution is 5.77. The monoisotopic (exact) mass is 505 g/mol. The Bertz CT molecular complexity index is 1210. The number of nitrogens with zero attached hydrogens (tertiary/aromatic N) is 5. The molecule has 1 aromatic carbocycles. The van der Waals surface area contributed by atoms with Gasteiger partial charge in [0.25, 0.3) is 5.56 Å². The molecule has 0 bridgehead atoms. The molecule has 1 amide bonds. The minimum Gasteiger partial charge on any atom is -0.395 e. The molecule has 1 fully saturated rings. The molecule has 2 N–H and O–H groups in total. The molecule has 3 aromatic rings. The maximum Gasteiger partial charge on any atom is 0.255 e. The standard InChI is InChI=1S/C28H35N5O4/c1-22(24-7-3-2-4-8-24)16-26(35)31-12-9-28(37,10-13-31)20-33-21-30-25(17-27(33)36)32(14-15-34)19-23-6-5-11-29-18-23/h2-8,11,17-18,21-22,34,37H,9-10,12-16,19-20H2,1H3. The van der Waals surface area contributed by atoms with Crippen LogP contribution in [0, 0.1) is 0 Å². The Morgan fingerprint density at radius 1 is 1.16 bits per heavy atom. The van der Waals surface area contributed by atoms with Crippen molar-refractivity contribution in [2.75, 3.05) is 31.1 Å². The first-order chi connectivity index (χ1) is 17.9. The number of aromatic nitrogens is 3. The summed E-state index contributed by atoms with van der Waals surface area (Å²) in [5, 5.41) is 20.7. The average molecular weight is 506 g/mol. The van der Waals surface area contributed by atoms with E-state index < -0.39 is 5.60 Å². The summed E-state index contributed by atoms with van der Waals surface area (Å²) in [5.41, 5.74) is 0.714. The summed E-state index contributed by atoms with van der Waals surface area (Å²) in [4.78, 5) is 37.9. The second-order valence-corrected chi connectivity index (χ2v) is 9.84. The Morgan fingerprint density at radius 3 is 2.57 bits per heavy atom. The number of aliphatic hydroxyl groups excluding tert-OH is 1. The van der Waals surface area contributed by atoms with Gasteiger partial charge < -0.3 is 20.0 Å². The summed E-state index contributed by atoms with van der Waals surface area (Å²) in [6, 6.07) is 15.2. The molecular formula is C28H35N5O4. The van der Waals surface area contributed by atoms with Crippen molar-refractivity contribution < 1.29 is 15.0 Å². The topological polar surface area (TPSA) is 112 Å². The first kappa shape index (κ1) is 26.5. The van der Waals surface area contributed by atoms with Gasteiger partial charge in [0.15, 0.2) is 0 Å². The smallest absolute Gasteiger partial charge is 0.255 e. The molecule has 1 aliphatic heterocycles. The first-order valence-corrected chi connectivity index (χ1v) is 12.7. The third-order valence-corrected chi connectivity index (χ3v) is 7.02. The van der Waals surface area contributed by atoms with Crippen molar-refractivity contribution in [3.05, 3.63) is 88.7 Å². The fourth-order valence-electron chi connectivity index (χ4n) is 4.75. The minimum absolute atomic E-state index is 0.0792. The molecule has 0 radical (unpaired) electrons. The van der Waals surface area contributed by atoms with Crippen LogP contribution in [0.1, 0.15) is 43.2 Å². The summed E-state index contributed by atoms with van der Waals surface area (Å²) in [6.07, 6.45) is 6.09. The van der Waals surface area contributed by atoms with Gasteiger partial charge in [-0.1, -0.05) is 43.3 Å². The SMILES string of the molecule is CC(CC(=O)N1CCC(O)(Cn2cnc(N(CCO)Cc3cccnc3)cc2=O)CC1)c1ccccc1. The van der Waals surface area contributed by atoms with Gasteiger partial charge in [-0.3, -0.25) is 19.1 Å². The van der Waals surface area contributed by atoms with E-state index in [0.717, 1.165) is 11.1 Å².